The largest absolute Gasteiger partial charge is 0.478 e. The molecule has 0 heterocycles. The summed E-state index contributed by atoms with van der Waals surface area (Å²) in [5, 5.41) is 27.6. The summed E-state index contributed by atoms with van der Waals surface area (Å²) in [6.45, 7) is 3.07. The molecule has 0 unspecified atom stereocenters. The van der Waals surface area contributed by atoms with E-state index in [1.165, 1.54) is 32.0 Å². The molecule has 0 aliphatic heterocycles. The van der Waals surface area contributed by atoms with Crippen molar-refractivity contribution in [3.8, 4) is 0 Å². The zero-order valence-corrected chi connectivity index (χ0v) is 9.60. The molecular formula is C12H14O5. The fourth-order valence-corrected chi connectivity index (χ4v) is 1.64. The minimum atomic E-state index is -1.30. The molecule has 5 heteroatoms. The van der Waals surface area contributed by atoms with Gasteiger partial charge in [0.25, 0.3) is 0 Å². The monoisotopic (exact) mass is 238 g/mol. The van der Waals surface area contributed by atoms with E-state index in [0.717, 1.165) is 0 Å². The Labute approximate surface area is 98.3 Å². The van der Waals surface area contributed by atoms with E-state index in [1.807, 2.05) is 0 Å². The van der Waals surface area contributed by atoms with Crippen LogP contribution in [-0.4, -0.2) is 32.9 Å². The average Bonchev–Trinajstić information content (AvgIpc) is 2.14. The van der Waals surface area contributed by atoms with Crippen molar-refractivity contribution in [2.75, 3.05) is 0 Å². The van der Waals surface area contributed by atoms with E-state index in [0.29, 0.717) is 5.56 Å². The quantitative estimate of drug-likeness (QED) is 0.736. The molecule has 5 nitrogen and oxygen atoms in total. The lowest BCUT2D eigenvalue weighted by Crippen LogP contribution is -2.24. The Kier molecular flexibility index (Phi) is 3.53. The van der Waals surface area contributed by atoms with Crippen LogP contribution < -0.4 is 0 Å². The third kappa shape index (κ3) is 3.29. The first-order chi connectivity index (χ1) is 7.72. The van der Waals surface area contributed by atoms with E-state index in [1.54, 1.807) is 0 Å². The van der Waals surface area contributed by atoms with Crippen molar-refractivity contribution in [2.24, 2.45) is 0 Å². The van der Waals surface area contributed by atoms with Gasteiger partial charge in [0, 0.05) is 6.42 Å². The summed E-state index contributed by atoms with van der Waals surface area (Å²) in [6.07, 6.45) is 0.0791. The molecule has 3 N–H and O–H groups in total. The average molecular weight is 238 g/mol. The maximum absolute atomic E-state index is 11.1. The van der Waals surface area contributed by atoms with Crippen LogP contribution in [0.2, 0.25) is 0 Å². The van der Waals surface area contributed by atoms with Crippen molar-refractivity contribution >= 4 is 11.9 Å². The Balaban J connectivity index is 3.35. The standard InChI is InChI=1S/C12H14O5/c1-12(2,17)6-7-4-3-5-8(10(13)14)9(7)11(15)16/h3-5,17H,6H2,1-2H3,(H,13,14)(H,15,16). The first-order valence-corrected chi connectivity index (χ1v) is 5.03. The number of aliphatic hydroxyl groups is 1. The van der Waals surface area contributed by atoms with Crippen LogP contribution in [0, 0.1) is 0 Å². The van der Waals surface area contributed by atoms with Crippen molar-refractivity contribution in [3.63, 3.8) is 0 Å². The summed E-state index contributed by atoms with van der Waals surface area (Å²) >= 11 is 0. The Morgan fingerprint density at radius 1 is 1.18 bits per heavy atom. The summed E-state index contributed by atoms with van der Waals surface area (Å²) in [4.78, 5) is 22.0. The molecule has 0 aliphatic rings. The van der Waals surface area contributed by atoms with Gasteiger partial charge in [0.2, 0.25) is 0 Å². The molecule has 0 atom stereocenters. The van der Waals surface area contributed by atoms with E-state index in [-0.39, 0.29) is 17.5 Å². The Bertz CT molecular complexity index is 456. The van der Waals surface area contributed by atoms with Crippen molar-refractivity contribution < 1.29 is 24.9 Å². The van der Waals surface area contributed by atoms with E-state index in [2.05, 4.69) is 0 Å². The van der Waals surface area contributed by atoms with Gasteiger partial charge in [-0.1, -0.05) is 12.1 Å². The predicted octanol–water partition coefficient (Wildman–Crippen LogP) is 1.40. The molecule has 0 fully saturated rings. The van der Waals surface area contributed by atoms with Crippen molar-refractivity contribution in [3.05, 3.63) is 34.9 Å². The molecule has 0 spiro atoms. The molecule has 0 bridgehead atoms. The number of carboxylic acid groups (broad SMARTS) is 2. The number of benzene rings is 1. The minimum absolute atomic E-state index is 0.0791. The van der Waals surface area contributed by atoms with Gasteiger partial charge in [0.1, 0.15) is 0 Å². The van der Waals surface area contributed by atoms with Crippen molar-refractivity contribution in [1.29, 1.82) is 0 Å². The van der Waals surface area contributed by atoms with Crippen LogP contribution in [0.3, 0.4) is 0 Å². The van der Waals surface area contributed by atoms with E-state index < -0.39 is 17.5 Å². The highest BCUT2D eigenvalue weighted by Crippen LogP contribution is 2.20. The van der Waals surface area contributed by atoms with Crippen LogP contribution in [-0.2, 0) is 6.42 Å². The summed E-state index contributed by atoms with van der Waals surface area (Å²) in [5.41, 5.74) is -1.31. The summed E-state index contributed by atoms with van der Waals surface area (Å²) in [5.74, 6) is -2.60. The van der Waals surface area contributed by atoms with Gasteiger partial charge in [0.05, 0.1) is 16.7 Å². The lowest BCUT2D eigenvalue weighted by atomic mass is 9.92. The van der Waals surface area contributed by atoms with E-state index in [9.17, 15) is 14.7 Å². The van der Waals surface area contributed by atoms with Gasteiger partial charge in [-0.05, 0) is 25.5 Å². The fourth-order valence-electron chi connectivity index (χ4n) is 1.64. The number of carboxylic acids is 2. The minimum Gasteiger partial charge on any atom is -0.478 e. The topological polar surface area (TPSA) is 94.8 Å². The van der Waals surface area contributed by atoms with Crippen LogP contribution in [0.15, 0.2) is 18.2 Å². The van der Waals surface area contributed by atoms with Gasteiger partial charge >= 0.3 is 11.9 Å². The molecule has 0 amide bonds. The fraction of sp³-hybridized carbons (Fsp3) is 0.333. The molecule has 17 heavy (non-hydrogen) atoms. The highest BCUT2D eigenvalue weighted by atomic mass is 16.4. The molecule has 0 aliphatic carbocycles. The van der Waals surface area contributed by atoms with Crippen molar-refractivity contribution in [2.45, 2.75) is 25.9 Å². The van der Waals surface area contributed by atoms with Crippen LogP contribution in [0.4, 0.5) is 0 Å². The van der Waals surface area contributed by atoms with Crippen LogP contribution in [0.25, 0.3) is 0 Å². The molecular weight excluding hydrogens is 224 g/mol. The Hall–Kier alpha value is -1.88. The zero-order valence-electron chi connectivity index (χ0n) is 9.60. The number of hydrogen-bond donors (Lipinski definition) is 3. The number of aromatic carboxylic acids is 2. The van der Waals surface area contributed by atoms with E-state index >= 15 is 0 Å². The van der Waals surface area contributed by atoms with Crippen LogP contribution in [0.5, 0.6) is 0 Å². The third-order valence-corrected chi connectivity index (χ3v) is 2.22. The van der Waals surface area contributed by atoms with Gasteiger partial charge in [-0.2, -0.15) is 0 Å². The second kappa shape index (κ2) is 4.55. The maximum Gasteiger partial charge on any atom is 0.336 e. The SMILES string of the molecule is CC(C)(O)Cc1cccc(C(=O)O)c1C(=O)O. The Morgan fingerprint density at radius 3 is 2.18 bits per heavy atom. The van der Waals surface area contributed by atoms with E-state index in [4.69, 9.17) is 10.2 Å². The maximum atomic E-state index is 11.1. The van der Waals surface area contributed by atoms with Crippen LogP contribution >= 0.6 is 0 Å². The van der Waals surface area contributed by atoms with Gasteiger partial charge in [0.15, 0.2) is 0 Å². The van der Waals surface area contributed by atoms with Crippen molar-refractivity contribution in [1.82, 2.24) is 0 Å². The second-order valence-corrected chi connectivity index (χ2v) is 4.44. The number of carbonyl (C=O) groups is 2. The first kappa shape index (κ1) is 13.2. The summed E-state index contributed by atoms with van der Waals surface area (Å²) in [6, 6.07) is 4.21. The second-order valence-electron chi connectivity index (χ2n) is 4.44. The predicted molar refractivity (Wildman–Crippen MR) is 60.4 cm³/mol. The molecule has 1 aromatic carbocycles. The first-order valence-electron chi connectivity index (χ1n) is 5.03. The normalized spacial score (nSPS) is 11.2. The Morgan fingerprint density at radius 2 is 1.76 bits per heavy atom. The zero-order chi connectivity index (χ0) is 13.2. The van der Waals surface area contributed by atoms with Gasteiger partial charge in [-0.25, -0.2) is 9.59 Å². The smallest absolute Gasteiger partial charge is 0.336 e. The van der Waals surface area contributed by atoms with Gasteiger partial charge in [-0.15, -0.1) is 0 Å². The molecule has 0 radical (unpaired) electrons. The number of rotatable bonds is 4. The third-order valence-electron chi connectivity index (χ3n) is 2.22. The number of hydrogen-bond acceptors (Lipinski definition) is 3. The molecule has 1 rings (SSSR count). The van der Waals surface area contributed by atoms with Crippen LogP contribution in [0.1, 0.15) is 40.1 Å². The highest BCUT2D eigenvalue weighted by molar-refractivity contribution is 6.02. The van der Waals surface area contributed by atoms with Gasteiger partial charge < -0.3 is 15.3 Å². The lowest BCUT2D eigenvalue weighted by Gasteiger charge is -2.19. The van der Waals surface area contributed by atoms with Gasteiger partial charge in [-0.3, -0.25) is 0 Å². The molecule has 0 aromatic heterocycles. The summed E-state index contributed by atoms with van der Waals surface area (Å²) in [7, 11) is 0. The lowest BCUT2D eigenvalue weighted by molar-refractivity contribution is 0.0641. The molecule has 0 saturated carbocycles. The molecule has 1 aromatic rings. The molecule has 0 saturated heterocycles. The highest BCUT2D eigenvalue weighted by Gasteiger charge is 2.23. The summed E-state index contributed by atoms with van der Waals surface area (Å²) < 4.78 is 0. The molecule has 92 valence electrons.